The maximum Gasteiger partial charge on any atom is 0.212 e. The summed E-state index contributed by atoms with van der Waals surface area (Å²) in [6, 6.07) is 14.2. The summed E-state index contributed by atoms with van der Waals surface area (Å²) >= 11 is 0. The number of halogens is 1. The van der Waals surface area contributed by atoms with Crippen LogP contribution in [0.1, 0.15) is 30.0 Å². The quantitative estimate of drug-likeness (QED) is 0.322. The molecule has 0 amide bonds. The first-order valence-corrected chi connectivity index (χ1v) is 10.9. The number of benzene rings is 2. The predicted molar refractivity (Wildman–Crippen MR) is 128 cm³/mol. The van der Waals surface area contributed by atoms with Gasteiger partial charge in [0, 0.05) is 76.8 Å². The van der Waals surface area contributed by atoms with E-state index in [2.05, 4.69) is 9.55 Å². The largest absolute Gasteiger partial charge is 0.481 e. The molecule has 1 aliphatic heterocycles. The maximum atomic E-state index is 13.8. The minimum atomic E-state index is -0.285. The Hall–Kier alpha value is -3.71. The number of nitrogens with one attached hydrogen (secondary N) is 1. The molecule has 1 aliphatic rings. The average molecular weight is 445 g/mol. The molecule has 0 atom stereocenters. The van der Waals surface area contributed by atoms with E-state index in [0.29, 0.717) is 30.3 Å². The van der Waals surface area contributed by atoms with Crippen molar-refractivity contribution in [3.8, 4) is 22.7 Å². The molecule has 0 bridgehead atoms. The van der Waals surface area contributed by atoms with Gasteiger partial charge >= 0.3 is 0 Å². The van der Waals surface area contributed by atoms with E-state index >= 15 is 0 Å². The lowest BCUT2D eigenvalue weighted by Gasteiger charge is -2.25. The summed E-state index contributed by atoms with van der Waals surface area (Å²) in [6.07, 6.45) is 4.83. The minimum Gasteiger partial charge on any atom is -0.481 e. The van der Waals surface area contributed by atoms with E-state index in [9.17, 15) is 4.39 Å². The van der Waals surface area contributed by atoms with Crippen molar-refractivity contribution in [2.45, 2.75) is 18.8 Å². The Morgan fingerprint density at radius 3 is 2.55 bits per heavy atom. The van der Waals surface area contributed by atoms with Gasteiger partial charge in [-0.15, -0.1) is 0 Å². The molecule has 6 nitrogen and oxygen atoms in total. The van der Waals surface area contributed by atoms with Gasteiger partial charge in [0.2, 0.25) is 5.88 Å². The molecule has 7 heteroatoms. The SMILES string of the molecule is COc1ccc(-c2c(C3CCOCC3)n(-c3ccc(F)cc3)c3cc(C=N)c(N)cc23)cn1. The van der Waals surface area contributed by atoms with E-state index in [1.807, 2.05) is 30.5 Å². The molecule has 168 valence electrons. The van der Waals surface area contributed by atoms with Crippen molar-refractivity contribution in [2.24, 2.45) is 0 Å². The van der Waals surface area contributed by atoms with Gasteiger partial charge in [-0.2, -0.15) is 0 Å². The van der Waals surface area contributed by atoms with Crippen LogP contribution in [0, 0.1) is 11.2 Å². The molecule has 0 saturated carbocycles. The topological polar surface area (TPSA) is 86.2 Å². The lowest BCUT2D eigenvalue weighted by molar-refractivity contribution is 0.0843. The Balaban J connectivity index is 1.88. The summed E-state index contributed by atoms with van der Waals surface area (Å²) in [6.45, 7) is 1.37. The third-order valence-electron chi connectivity index (χ3n) is 6.29. The van der Waals surface area contributed by atoms with Crippen LogP contribution < -0.4 is 10.5 Å². The zero-order valence-corrected chi connectivity index (χ0v) is 18.3. The molecule has 33 heavy (non-hydrogen) atoms. The Morgan fingerprint density at radius 2 is 1.91 bits per heavy atom. The molecule has 2 aromatic carbocycles. The summed E-state index contributed by atoms with van der Waals surface area (Å²) in [5.74, 6) is 0.490. The van der Waals surface area contributed by atoms with E-state index < -0.39 is 0 Å². The van der Waals surface area contributed by atoms with Crippen LogP contribution in [0.4, 0.5) is 10.1 Å². The molecule has 0 radical (unpaired) electrons. The van der Waals surface area contributed by atoms with Crippen LogP contribution in [0.3, 0.4) is 0 Å². The van der Waals surface area contributed by atoms with Crippen molar-refractivity contribution in [2.75, 3.05) is 26.1 Å². The smallest absolute Gasteiger partial charge is 0.212 e. The number of rotatable bonds is 5. The number of nitrogens with two attached hydrogens (primary N) is 1. The van der Waals surface area contributed by atoms with Crippen LogP contribution >= 0.6 is 0 Å². The summed E-state index contributed by atoms with van der Waals surface area (Å²) in [4.78, 5) is 4.44. The van der Waals surface area contributed by atoms with E-state index in [-0.39, 0.29) is 11.7 Å². The monoisotopic (exact) mass is 444 g/mol. The molecular weight excluding hydrogens is 419 g/mol. The average Bonchev–Trinajstić information content (AvgIpc) is 3.18. The van der Waals surface area contributed by atoms with Gasteiger partial charge in [-0.1, -0.05) is 0 Å². The first kappa shape index (κ1) is 21.2. The summed E-state index contributed by atoms with van der Waals surface area (Å²) in [5.41, 5.74) is 12.4. The van der Waals surface area contributed by atoms with Crippen molar-refractivity contribution in [3.63, 3.8) is 0 Å². The highest BCUT2D eigenvalue weighted by Gasteiger charge is 2.28. The number of nitrogens with zero attached hydrogens (tertiary/aromatic N) is 2. The summed E-state index contributed by atoms with van der Waals surface area (Å²) in [7, 11) is 1.59. The Kier molecular flexibility index (Phi) is 5.56. The highest BCUT2D eigenvalue weighted by atomic mass is 19.1. The van der Waals surface area contributed by atoms with Gasteiger partial charge < -0.3 is 25.2 Å². The highest BCUT2D eigenvalue weighted by Crippen LogP contribution is 2.44. The minimum absolute atomic E-state index is 0.234. The predicted octanol–water partition coefficient (Wildman–Crippen LogP) is 5.31. The van der Waals surface area contributed by atoms with Gasteiger partial charge in [-0.05, 0) is 55.3 Å². The van der Waals surface area contributed by atoms with E-state index in [1.165, 1.54) is 18.3 Å². The number of fused-ring (bicyclic) bond motifs is 1. The van der Waals surface area contributed by atoms with Crippen LogP contribution in [0.2, 0.25) is 0 Å². The number of anilines is 1. The maximum absolute atomic E-state index is 13.8. The van der Waals surface area contributed by atoms with Crippen LogP contribution in [0.5, 0.6) is 5.88 Å². The molecule has 3 heterocycles. The molecule has 2 aromatic heterocycles. The molecule has 0 unspecified atom stereocenters. The van der Waals surface area contributed by atoms with Crippen LogP contribution in [0.15, 0.2) is 54.7 Å². The second-order valence-electron chi connectivity index (χ2n) is 8.19. The third-order valence-corrected chi connectivity index (χ3v) is 6.29. The van der Waals surface area contributed by atoms with Crippen molar-refractivity contribution in [3.05, 3.63) is 71.8 Å². The van der Waals surface area contributed by atoms with Crippen molar-refractivity contribution in [1.82, 2.24) is 9.55 Å². The van der Waals surface area contributed by atoms with Gasteiger partial charge in [-0.25, -0.2) is 9.37 Å². The summed E-state index contributed by atoms with van der Waals surface area (Å²) < 4.78 is 26.9. The molecule has 0 aliphatic carbocycles. The fraction of sp³-hybridized carbons (Fsp3) is 0.231. The fourth-order valence-electron chi connectivity index (χ4n) is 4.69. The first-order chi connectivity index (χ1) is 16.1. The van der Waals surface area contributed by atoms with Crippen LogP contribution in [-0.2, 0) is 4.74 Å². The number of hydrogen-bond acceptors (Lipinski definition) is 5. The fourth-order valence-corrected chi connectivity index (χ4v) is 4.69. The number of aromatic nitrogens is 2. The second-order valence-corrected chi connectivity index (χ2v) is 8.19. The van der Waals surface area contributed by atoms with Crippen molar-refractivity contribution in [1.29, 1.82) is 5.41 Å². The number of hydrogen-bond donors (Lipinski definition) is 2. The highest BCUT2D eigenvalue weighted by molar-refractivity contribution is 6.04. The van der Waals surface area contributed by atoms with Gasteiger partial charge in [0.1, 0.15) is 5.82 Å². The van der Waals surface area contributed by atoms with Gasteiger partial charge in [0.25, 0.3) is 0 Å². The van der Waals surface area contributed by atoms with E-state index in [4.69, 9.17) is 20.6 Å². The van der Waals surface area contributed by atoms with Crippen LogP contribution in [0.25, 0.3) is 27.7 Å². The number of nitrogen functional groups attached to an aromatic ring is 1. The van der Waals surface area contributed by atoms with E-state index in [0.717, 1.165) is 46.3 Å². The van der Waals surface area contributed by atoms with E-state index in [1.54, 1.807) is 19.2 Å². The lowest BCUT2D eigenvalue weighted by atomic mass is 9.90. The molecule has 4 aromatic rings. The number of ether oxygens (including phenoxy) is 2. The normalized spacial score (nSPS) is 14.5. The van der Waals surface area contributed by atoms with Crippen molar-refractivity contribution >= 4 is 22.8 Å². The molecule has 1 fully saturated rings. The Bertz CT molecular complexity index is 1310. The zero-order valence-electron chi connectivity index (χ0n) is 18.3. The summed E-state index contributed by atoms with van der Waals surface area (Å²) in [5, 5.41) is 8.79. The molecular formula is C26H25FN4O2. The Labute approximate surface area is 191 Å². The van der Waals surface area contributed by atoms with Gasteiger partial charge in [0.15, 0.2) is 0 Å². The molecule has 0 spiro atoms. The molecule has 3 N–H and O–H groups in total. The van der Waals surface area contributed by atoms with Crippen molar-refractivity contribution < 1.29 is 13.9 Å². The van der Waals surface area contributed by atoms with Crippen LogP contribution in [-0.4, -0.2) is 36.1 Å². The second kappa shape index (κ2) is 8.67. The zero-order chi connectivity index (χ0) is 22.9. The lowest BCUT2D eigenvalue weighted by Crippen LogP contribution is -2.17. The number of methoxy groups -OCH3 is 1. The molecule has 1 saturated heterocycles. The first-order valence-electron chi connectivity index (χ1n) is 10.9. The molecule has 5 rings (SSSR count). The number of pyridine rings is 1. The standard InChI is InChI=1S/C26H25FN4O2/c1-32-24-7-2-17(15-30-24)25-21-13-22(29)18(14-28)12-23(21)31(20-5-3-19(27)4-6-20)26(25)16-8-10-33-11-9-16/h2-7,12-16,28H,8-11,29H2,1H3. The van der Waals surface area contributed by atoms with Gasteiger partial charge in [0.05, 0.1) is 12.6 Å². The third kappa shape index (κ3) is 3.74. The van der Waals surface area contributed by atoms with Gasteiger partial charge in [-0.3, -0.25) is 0 Å². The Morgan fingerprint density at radius 1 is 1.15 bits per heavy atom.